The molecule has 2 aromatic heterocycles. The van der Waals surface area contributed by atoms with Gasteiger partial charge in [0.2, 0.25) is 0 Å². The Morgan fingerprint density at radius 1 is 1.15 bits per heavy atom. The van der Waals surface area contributed by atoms with Gasteiger partial charge in [-0.3, -0.25) is 0 Å². The number of aliphatic hydroxyl groups is 1. The van der Waals surface area contributed by atoms with Crippen molar-refractivity contribution in [2.75, 3.05) is 5.32 Å². The number of rotatable bonds is 2. The van der Waals surface area contributed by atoms with Crippen molar-refractivity contribution in [3.05, 3.63) is 16.8 Å². The van der Waals surface area contributed by atoms with Crippen molar-refractivity contribution in [3.63, 3.8) is 0 Å². The number of fused-ring (bicyclic) bond motifs is 3. The molecule has 0 aromatic carbocycles. The predicted octanol–water partition coefficient (Wildman–Crippen LogP) is 2.90. The van der Waals surface area contributed by atoms with Crippen molar-refractivity contribution < 1.29 is 5.11 Å². The first-order chi connectivity index (χ1) is 9.81. The highest BCUT2D eigenvalue weighted by molar-refractivity contribution is 7.19. The molecule has 5 heteroatoms. The fourth-order valence-electron chi connectivity index (χ4n) is 3.45. The summed E-state index contributed by atoms with van der Waals surface area (Å²) in [6.45, 7) is 0. The molecule has 0 atom stereocenters. The number of nitrogens with one attached hydrogen (secondary N) is 1. The standard InChI is InChI=1S/C15H19N3OS/c19-10-6-4-9(5-7-10)18-14-13-11-2-1-3-12(11)20-15(13)17-8-16-14/h8-10,19H,1-7H2,(H,16,17,18). The van der Waals surface area contributed by atoms with Crippen LogP contribution in [0.4, 0.5) is 5.82 Å². The summed E-state index contributed by atoms with van der Waals surface area (Å²) in [6, 6.07) is 0.438. The maximum atomic E-state index is 9.61. The number of thiophene rings is 1. The molecule has 4 nitrogen and oxygen atoms in total. The highest BCUT2D eigenvalue weighted by Gasteiger charge is 2.24. The Hall–Kier alpha value is -1.20. The van der Waals surface area contributed by atoms with Gasteiger partial charge in [-0.2, -0.15) is 0 Å². The summed E-state index contributed by atoms with van der Waals surface area (Å²) in [5.41, 5.74) is 1.48. The van der Waals surface area contributed by atoms with E-state index in [4.69, 9.17) is 0 Å². The number of hydrogen-bond acceptors (Lipinski definition) is 5. The van der Waals surface area contributed by atoms with Crippen LogP contribution < -0.4 is 5.32 Å². The zero-order valence-electron chi connectivity index (χ0n) is 11.4. The lowest BCUT2D eigenvalue weighted by atomic mass is 9.93. The highest BCUT2D eigenvalue weighted by Crippen LogP contribution is 2.39. The lowest BCUT2D eigenvalue weighted by Gasteiger charge is -2.26. The van der Waals surface area contributed by atoms with Gasteiger partial charge in [-0.25, -0.2) is 9.97 Å². The van der Waals surface area contributed by atoms with Crippen LogP contribution in [0.25, 0.3) is 10.2 Å². The van der Waals surface area contributed by atoms with Crippen molar-refractivity contribution in [1.82, 2.24) is 9.97 Å². The van der Waals surface area contributed by atoms with Crippen molar-refractivity contribution in [3.8, 4) is 0 Å². The third kappa shape index (κ3) is 2.09. The first kappa shape index (κ1) is 12.5. The van der Waals surface area contributed by atoms with Gasteiger partial charge in [-0.15, -0.1) is 11.3 Å². The molecule has 2 N–H and O–H groups in total. The smallest absolute Gasteiger partial charge is 0.138 e. The monoisotopic (exact) mass is 289 g/mol. The van der Waals surface area contributed by atoms with Gasteiger partial charge in [0.1, 0.15) is 17.0 Å². The van der Waals surface area contributed by atoms with Gasteiger partial charge < -0.3 is 10.4 Å². The van der Waals surface area contributed by atoms with E-state index in [0.717, 1.165) is 36.3 Å². The highest BCUT2D eigenvalue weighted by atomic mass is 32.1. The Kier molecular flexibility index (Phi) is 3.11. The van der Waals surface area contributed by atoms with E-state index in [1.807, 2.05) is 11.3 Å². The van der Waals surface area contributed by atoms with Crippen LogP contribution in [0.3, 0.4) is 0 Å². The summed E-state index contributed by atoms with van der Waals surface area (Å²) in [5.74, 6) is 1.01. The molecule has 0 saturated heterocycles. The molecule has 1 saturated carbocycles. The summed E-state index contributed by atoms with van der Waals surface area (Å²) in [4.78, 5) is 11.6. The summed E-state index contributed by atoms with van der Waals surface area (Å²) in [6.07, 6.45) is 9.05. The summed E-state index contributed by atoms with van der Waals surface area (Å²) in [7, 11) is 0. The maximum absolute atomic E-state index is 9.61. The zero-order chi connectivity index (χ0) is 13.5. The summed E-state index contributed by atoms with van der Waals surface area (Å²) >= 11 is 1.83. The van der Waals surface area contributed by atoms with Crippen LogP contribution in [-0.2, 0) is 12.8 Å². The first-order valence-corrected chi connectivity index (χ1v) is 8.33. The second-order valence-electron chi connectivity index (χ2n) is 5.91. The molecule has 1 fully saturated rings. The molecule has 20 heavy (non-hydrogen) atoms. The van der Waals surface area contributed by atoms with Crippen molar-refractivity contribution in [2.24, 2.45) is 0 Å². The van der Waals surface area contributed by atoms with E-state index in [0.29, 0.717) is 6.04 Å². The van der Waals surface area contributed by atoms with Gasteiger partial charge in [0.15, 0.2) is 0 Å². The minimum atomic E-state index is -0.108. The van der Waals surface area contributed by atoms with Gasteiger partial charge in [0, 0.05) is 10.9 Å². The molecule has 2 heterocycles. The van der Waals surface area contributed by atoms with Crippen molar-refractivity contribution in [1.29, 1.82) is 0 Å². The normalized spacial score (nSPS) is 25.9. The van der Waals surface area contributed by atoms with Gasteiger partial charge in [-0.1, -0.05) is 0 Å². The average Bonchev–Trinajstić information content (AvgIpc) is 3.02. The van der Waals surface area contributed by atoms with E-state index in [1.54, 1.807) is 6.33 Å². The molecule has 2 aromatic rings. The second kappa shape index (κ2) is 4.97. The Morgan fingerprint density at radius 3 is 2.85 bits per heavy atom. The third-order valence-electron chi connectivity index (χ3n) is 4.54. The van der Waals surface area contributed by atoms with E-state index in [9.17, 15) is 5.11 Å². The maximum Gasteiger partial charge on any atom is 0.138 e. The van der Waals surface area contributed by atoms with E-state index < -0.39 is 0 Å². The number of aliphatic hydroxyl groups excluding tert-OH is 1. The molecule has 2 aliphatic carbocycles. The third-order valence-corrected chi connectivity index (χ3v) is 5.74. The number of nitrogens with zero attached hydrogens (tertiary/aromatic N) is 2. The van der Waals surface area contributed by atoms with Gasteiger partial charge >= 0.3 is 0 Å². The molecule has 0 radical (unpaired) electrons. The SMILES string of the molecule is OC1CCC(Nc2ncnc3sc4c(c23)CCC4)CC1. The number of aryl methyl sites for hydroxylation is 2. The van der Waals surface area contributed by atoms with Crippen molar-refractivity contribution in [2.45, 2.75) is 57.1 Å². The fraction of sp³-hybridized carbons (Fsp3) is 0.600. The molecular formula is C15H19N3OS. The summed E-state index contributed by atoms with van der Waals surface area (Å²) in [5, 5.41) is 14.5. The topological polar surface area (TPSA) is 58.0 Å². The Labute approximate surface area is 122 Å². The molecule has 2 aliphatic rings. The second-order valence-corrected chi connectivity index (χ2v) is 6.99. The lowest BCUT2D eigenvalue weighted by Crippen LogP contribution is -2.28. The van der Waals surface area contributed by atoms with Crippen LogP contribution in [0.1, 0.15) is 42.5 Å². The molecule has 0 unspecified atom stereocenters. The van der Waals surface area contributed by atoms with Gasteiger partial charge in [-0.05, 0) is 50.5 Å². The molecular weight excluding hydrogens is 270 g/mol. The zero-order valence-corrected chi connectivity index (χ0v) is 12.2. The molecule has 0 aliphatic heterocycles. The van der Waals surface area contributed by atoms with Crippen LogP contribution in [0.2, 0.25) is 0 Å². The molecule has 106 valence electrons. The average molecular weight is 289 g/mol. The van der Waals surface area contributed by atoms with Crippen LogP contribution in [0.15, 0.2) is 6.33 Å². The minimum Gasteiger partial charge on any atom is -0.393 e. The van der Waals surface area contributed by atoms with E-state index >= 15 is 0 Å². The Balaban J connectivity index is 1.66. The van der Waals surface area contributed by atoms with Crippen LogP contribution in [-0.4, -0.2) is 27.2 Å². The van der Waals surface area contributed by atoms with Crippen LogP contribution >= 0.6 is 11.3 Å². The fourth-order valence-corrected chi connectivity index (χ4v) is 4.68. The minimum absolute atomic E-state index is 0.108. The molecule has 4 rings (SSSR count). The molecule has 0 spiro atoms. The lowest BCUT2D eigenvalue weighted by molar-refractivity contribution is 0.126. The number of aromatic nitrogens is 2. The van der Waals surface area contributed by atoms with E-state index in [2.05, 4.69) is 15.3 Å². The van der Waals surface area contributed by atoms with Crippen LogP contribution in [0, 0.1) is 0 Å². The summed E-state index contributed by atoms with van der Waals surface area (Å²) < 4.78 is 0. The largest absolute Gasteiger partial charge is 0.393 e. The van der Waals surface area contributed by atoms with Gasteiger partial charge in [0.05, 0.1) is 11.5 Å². The van der Waals surface area contributed by atoms with E-state index in [-0.39, 0.29) is 6.10 Å². The van der Waals surface area contributed by atoms with Crippen molar-refractivity contribution >= 4 is 27.4 Å². The predicted molar refractivity (Wildman–Crippen MR) is 81.3 cm³/mol. The van der Waals surface area contributed by atoms with Crippen LogP contribution in [0.5, 0.6) is 0 Å². The first-order valence-electron chi connectivity index (χ1n) is 7.51. The quantitative estimate of drug-likeness (QED) is 0.892. The number of anilines is 1. The molecule has 0 bridgehead atoms. The Bertz CT molecular complexity index is 631. The molecule has 0 amide bonds. The van der Waals surface area contributed by atoms with E-state index in [1.165, 1.54) is 35.1 Å². The van der Waals surface area contributed by atoms with Gasteiger partial charge in [0.25, 0.3) is 0 Å². The Morgan fingerprint density at radius 2 is 2.00 bits per heavy atom. The number of hydrogen-bond donors (Lipinski definition) is 2.